The molecule has 1 aromatic carbocycles. The summed E-state index contributed by atoms with van der Waals surface area (Å²) in [7, 11) is 1.53. The predicted octanol–water partition coefficient (Wildman–Crippen LogP) is 2.98. The fraction of sp³-hybridized carbons (Fsp3) is 0.158. The van der Waals surface area contributed by atoms with Gasteiger partial charge in [-0.3, -0.25) is 14.8 Å². The minimum Gasteiger partial charge on any atom is -0.481 e. The van der Waals surface area contributed by atoms with Crippen LogP contribution in [0.3, 0.4) is 0 Å². The van der Waals surface area contributed by atoms with Gasteiger partial charge in [0.05, 0.1) is 43.5 Å². The van der Waals surface area contributed by atoms with Gasteiger partial charge in [-0.2, -0.15) is 5.26 Å². The van der Waals surface area contributed by atoms with Crippen molar-refractivity contribution in [3.8, 4) is 11.9 Å². The average Bonchev–Trinajstić information content (AvgIpc) is 3.04. The van der Waals surface area contributed by atoms with Crippen LogP contribution in [0.5, 0.6) is 5.88 Å². The van der Waals surface area contributed by atoms with Gasteiger partial charge in [0, 0.05) is 23.0 Å². The van der Waals surface area contributed by atoms with Crippen molar-refractivity contribution in [2.24, 2.45) is 0 Å². The van der Waals surface area contributed by atoms with Crippen LogP contribution in [0.2, 0.25) is 0 Å². The molecule has 1 saturated heterocycles. The normalized spacial score (nSPS) is 16.8. The summed E-state index contributed by atoms with van der Waals surface area (Å²) < 4.78 is 5.05. The fourth-order valence-corrected chi connectivity index (χ4v) is 3.13. The number of anilines is 2. The molecule has 1 unspecified atom stereocenters. The van der Waals surface area contributed by atoms with E-state index in [9.17, 15) is 10.1 Å². The van der Waals surface area contributed by atoms with Crippen LogP contribution in [0.25, 0.3) is 10.8 Å². The Morgan fingerprint density at radius 2 is 2.04 bits per heavy atom. The number of nitriles is 1. The molecule has 3 aromatic rings. The van der Waals surface area contributed by atoms with Gasteiger partial charge in [0.1, 0.15) is 6.04 Å². The lowest BCUT2D eigenvalue weighted by Gasteiger charge is -2.21. The molecule has 0 saturated carbocycles. The van der Waals surface area contributed by atoms with E-state index in [0.717, 1.165) is 10.8 Å². The summed E-state index contributed by atoms with van der Waals surface area (Å²) in [5.41, 5.74) is 1.25. The molecule has 26 heavy (non-hydrogen) atoms. The first-order chi connectivity index (χ1) is 12.7. The van der Waals surface area contributed by atoms with E-state index in [0.29, 0.717) is 17.3 Å². The number of amides is 2. The molecule has 2 amide bonds. The molecule has 7 heteroatoms. The molecule has 3 heterocycles. The first kappa shape index (κ1) is 15.8. The zero-order chi connectivity index (χ0) is 18.1. The highest BCUT2D eigenvalue weighted by molar-refractivity contribution is 6.11. The van der Waals surface area contributed by atoms with Gasteiger partial charge in [0.15, 0.2) is 0 Å². The third-order valence-corrected chi connectivity index (χ3v) is 4.40. The number of hydrogen-bond acceptors (Lipinski definition) is 5. The summed E-state index contributed by atoms with van der Waals surface area (Å²) in [5.74, 6) is 0.465. The number of fused-ring (bicyclic) bond motifs is 1. The minimum absolute atomic E-state index is 0.257. The van der Waals surface area contributed by atoms with Gasteiger partial charge in [-0.1, -0.05) is 24.3 Å². The van der Waals surface area contributed by atoms with Crippen molar-refractivity contribution in [1.82, 2.24) is 9.97 Å². The molecule has 0 spiro atoms. The lowest BCUT2D eigenvalue weighted by atomic mass is 10.1. The summed E-state index contributed by atoms with van der Waals surface area (Å²) in [6.07, 6.45) is 4.93. The predicted molar refractivity (Wildman–Crippen MR) is 97.2 cm³/mol. The summed E-state index contributed by atoms with van der Waals surface area (Å²) in [6.45, 7) is 0.257. The van der Waals surface area contributed by atoms with Crippen molar-refractivity contribution in [3.05, 3.63) is 55.0 Å². The number of carbonyl (C=O) groups is 1. The number of carbonyl (C=O) groups excluding carboxylic acids is 1. The summed E-state index contributed by atoms with van der Waals surface area (Å²) >= 11 is 0. The Morgan fingerprint density at radius 3 is 2.77 bits per heavy atom. The molecule has 2 aromatic heterocycles. The van der Waals surface area contributed by atoms with Crippen LogP contribution in [-0.4, -0.2) is 35.7 Å². The van der Waals surface area contributed by atoms with E-state index in [1.807, 2.05) is 24.3 Å². The molecule has 4 rings (SSSR count). The average molecular weight is 345 g/mol. The van der Waals surface area contributed by atoms with Crippen LogP contribution in [0.15, 0.2) is 55.0 Å². The van der Waals surface area contributed by atoms with Crippen molar-refractivity contribution in [1.29, 1.82) is 5.26 Å². The number of hydrogen-bond donors (Lipinski definition) is 0. The molecule has 0 radical (unpaired) electrons. The Hall–Kier alpha value is -3.66. The molecule has 0 aliphatic carbocycles. The van der Waals surface area contributed by atoms with Gasteiger partial charge in [-0.05, 0) is 6.07 Å². The zero-order valence-electron chi connectivity index (χ0n) is 14.0. The van der Waals surface area contributed by atoms with E-state index in [-0.39, 0.29) is 12.6 Å². The molecule has 1 atom stereocenters. The minimum atomic E-state index is -0.614. The van der Waals surface area contributed by atoms with Gasteiger partial charge in [0.25, 0.3) is 0 Å². The second kappa shape index (κ2) is 6.33. The van der Waals surface area contributed by atoms with E-state index in [1.54, 1.807) is 35.6 Å². The zero-order valence-corrected chi connectivity index (χ0v) is 14.0. The van der Waals surface area contributed by atoms with Crippen LogP contribution in [0, 0.1) is 11.3 Å². The molecule has 0 bridgehead atoms. The number of aromatic nitrogens is 2. The lowest BCUT2D eigenvalue weighted by Crippen LogP contribution is -2.34. The van der Waals surface area contributed by atoms with Crippen molar-refractivity contribution in [2.45, 2.75) is 6.04 Å². The van der Waals surface area contributed by atoms with Gasteiger partial charge < -0.3 is 4.74 Å². The Balaban J connectivity index is 1.76. The van der Waals surface area contributed by atoms with Crippen LogP contribution in [-0.2, 0) is 0 Å². The smallest absolute Gasteiger partial charge is 0.330 e. The Bertz CT molecular complexity index is 1010. The third kappa shape index (κ3) is 2.48. The number of benzene rings is 1. The molecular weight excluding hydrogens is 330 g/mol. The molecule has 1 aliphatic rings. The van der Waals surface area contributed by atoms with Crippen molar-refractivity contribution < 1.29 is 9.53 Å². The number of ether oxygens (including phenoxy) is 1. The molecule has 1 aliphatic heterocycles. The van der Waals surface area contributed by atoms with Gasteiger partial charge in [-0.15, -0.1) is 0 Å². The van der Waals surface area contributed by atoms with Gasteiger partial charge in [0.2, 0.25) is 5.88 Å². The van der Waals surface area contributed by atoms with Crippen molar-refractivity contribution in [3.63, 3.8) is 0 Å². The number of rotatable bonds is 3. The van der Waals surface area contributed by atoms with Crippen LogP contribution in [0.1, 0.15) is 0 Å². The van der Waals surface area contributed by atoms with E-state index in [1.165, 1.54) is 12.0 Å². The molecule has 1 fully saturated rings. The molecule has 7 nitrogen and oxygen atoms in total. The van der Waals surface area contributed by atoms with Gasteiger partial charge in [-0.25, -0.2) is 9.78 Å². The molecular formula is C19H15N5O2. The largest absolute Gasteiger partial charge is 0.481 e. The van der Waals surface area contributed by atoms with Gasteiger partial charge >= 0.3 is 6.03 Å². The van der Waals surface area contributed by atoms with Crippen LogP contribution in [0.4, 0.5) is 16.2 Å². The fourth-order valence-electron chi connectivity index (χ4n) is 3.13. The second-order valence-electron chi connectivity index (χ2n) is 5.85. The van der Waals surface area contributed by atoms with Crippen molar-refractivity contribution in [2.75, 3.05) is 23.5 Å². The number of urea groups is 1. The standard InChI is InChI=1S/C19H15N5O2/c1-26-18-7-6-14(10-22-18)23-12-15(8-20)24(19(23)25)17-11-21-9-13-4-2-3-5-16(13)17/h2-7,9-11,15H,12H2,1H3. The first-order valence-electron chi connectivity index (χ1n) is 8.06. The Morgan fingerprint density at radius 1 is 1.19 bits per heavy atom. The SMILES string of the molecule is COc1ccc(N2CC(C#N)N(c3cncc4ccccc34)C2=O)cn1. The maximum atomic E-state index is 13.1. The first-order valence-corrected chi connectivity index (χ1v) is 8.06. The Kier molecular flexibility index (Phi) is 3.86. The summed E-state index contributed by atoms with van der Waals surface area (Å²) in [4.78, 5) is 24.5. The van der Waals surface area contributed by atoms with Crippen molar-refractivity contribution >= 4 is 28.2 Å². The van der Waals surface area contributed by atoms with E-state index in [4.69, 9.17) is 4.74 Å². The number of pyridine rings is 2. The van der Waals surface area contributed by atoms with E-state index < -0.39 is 6.04 Å². The summed E-state index contributed by atoms with van der Waals surface area (Å²) in [6, 6.07) is 12.4. The van der Waals surface area contributed by atoms with E-state index >= 15 is 0 Å². The lowest BCUT2D eigenvalue weighted by molar-refractivity contribution is 0.255. The monoisotopic (exact) mass is 345 g/mol. The highest BCUT2D eigenvalue weighted by Crippen LogP contribution is 2.33. The number of methoxy groups -OCH3 is 1. The highest BCUT2D eigenvalue weighted by atomic mass is 16.5. The molecule has 0 N–H and O–H groups in total. The van der Waals surface area contributed by atoms with Crippen LogP contribution >= 0.6 is 0 Å². The van der Waals surface area contributed by atoms with E-state index in [2.05, 4.69) is 16.0 Å². The molecule has 128 valence electrons. The maximum Gasteiger partial charge on any atom is 0.330 e. The summed E-state index contributed by atoms with van der Waals surface area (Å²) in [5, 5.41) is 11.4. The highest BCUT2D eigenvalue weighted by Gasteiger charge is 2.40. The Labute approximate surface area is 150 Å². The third-order valence-electron chi connectivity index (χ3n) is 4.40. The second-order valence-corrected chi connectivity index (χ2v) is 5.85. The number of nitrogens with zero attached hydrogens (tertiary/aromatic N) is 5. The van der Waals surface area contributed by atoms with Crippen LogP contribution < -0.4 is 14.5 Å². The quantitative estimate of drug-likeness (QED) is 0.729. The topological polar surface area (TPSA) is 82.4 Å². The maximum absolute atomic E-state index is 13.1.